The number of halogens is 4. The summed E-state index contributed by atoms with van der Waals surface area (Å²) in [6, 6.07) is 1.73. The van der Waals surface area contributed by atoms with Crippen LogP contribution in [0.5, 0.6) is 0 Å². The molecule has 2 N–H and O–H groups in total. The Hall–Kier alpha value is -1.67. The number of ether oxygens (including phenoxy) is 1. The van der Waals surface area contributed by atoms with Crippen molar-refractivity contribution >= 4 is 11.6 Å². The summed E-state index contributed by atoms with van der Waals surface area (Å²) in [6.07, 6.45) is -4.63. The number of anilines is 1. The summed E-state index contributed by atoms with van der Waals surface area (Å²) in [5.41, 5.74) is -1.36. The Morgan fingerprint density at radius 1 is 1.38 bits per heavy atom. The Morgan fingerprint density at radius 3 is 2.76 bits per heavy atom. The summed E-state index contributed by atoms with van der Waals surface area (Å²) in [7, 11) is 0. The summed E-state index contributed by atoms with van der Waals surface area (Å²) in [6.45, 7) is 1.51. The molecule has 0 aromatic heterocycles. The van der Waals surface area contributed by atoms with Gasteiger partial charge in [0.1, 0.15) is 5.82 Å². The molecule has 0 bridgehead atoms. The van der Waals surface area contributed by atoms with E-state index in [1.807, 2.05) is 0 Å². The number of hydrogen-bond donors (Lipinski definition) is 2. The van der Waals surface area contributed by atoms with E-state index in [0.717, 1.165) is 6.07 Å². The Kier molecular flexibility index (Phi) is 4.79. The van der Waals surface area contributed by atoms with Gasteiger partial charge in [-0.25, -0.2) is 4.39 Å². The fraction of sp³-hybridized carbons (Fsp3) is 0.462. The van der Waals surface area contributed by atoms with Gasteiger partial charge in [0, 0.05) is 24.7 Å². The van der Waals surface area contributed by atoms with Crippen LogP contribution in [0.15, 0.2) is 18.2 Å². The average Bonchev–Trinajstić information content (AvgIpc) is 2.37. The molecule has 1 heterocycles. The molecule has 1 aromatic carbocycles. The lowest BCUT2D eigenvalue weighted by Gasteiger charge is -2.23. The maximum Gasteiger partial charge on any atom is 0.416 e. The van der Waals surface area contributed by atoms with Crippen molar-refractivity contribution in [2.45, 2.75) is 18.6 Å². The maximum absolute atomic E-state index is 13.2. The number of benzene rings is 1. The van der Waals surface area contributed by atoms with Crippen LogP contribution >= 0.6 is 0 Å². The van der Waals surface area contributed by atoms with Crippen molar-refractivity contribution in [2.24, 2.45) is 0 Å². The van der Waals surface area contributed by atoms with E-state index in [4.69, 9.17) is 4.74 Å². The second kappa shape index (κ2) is 6.40. The van der Waals surface area contributed by atoms with E-state index in [0.29, 0.717) is 31.9 Å². The molecule has 0 spiro atoms. The van der Waals surface area contributed by atoms with Crippen LogP contribution in [0.1, 0.15) is 12.0 Å². The van der Waals surface area contributed by atoms with Gasteiger partial charge in [-0.1, -0.05) is 0 Å². The molecule has 1 aromatic rings. The van der Waals surface area contributed by atoms with Gasteiger partial charge in [0.2, 0.25) is 5.91 Å². The Morgan fingerprint density at radius 2 is 2.14 bits per heavy atom. The van der Waals surface area contributed by atoms with Gasteiger partial charge in [0.25, 0.3) is 0 Å². The predicted octanol–water partition coefficient (Wildman–Crippen LogP) is 2.16. The molecule has 0 radical (unpaired) electrons. The van der Waals surface area contributed by atoms with Crippen LogP contribution in [0, 0.1) is 5.82 Å². The maximum atomic E-state index is 13.2. The molecular weight excluding hydrogens is 292 g/mol. The van der Waals surface area contributed by atoms with E-state index >= 15 is 0 Å². The van der Waals surface area contributed by atoms with Gasteiger partial charge in [-0.2, -0.15) is 13.2 Å². The van der Waals surface area contributed by atoms with Gasteiger partial charge in [0.05, 0.1) is 18.8 Å². The van der Waals surface area contributed by atoms with Gasteiger partial charge in [0.15, 0.2) is 0 Å². The highest BCUT2D eigenvalue weighted by Gasteiger charge is 2.31. The van der Waals surface area contributed by atoms with E-state index < -0.39 is 23.5 Å². The third-order valence-electron chi connectivity index (χ3n) is 2.94. The molecule has 1 atom stereocenters. The molecule has 116 valence electrons. The normalized spacial score (nSPS) is 19.3. The summed E-state index contributed by atoms with van der Waals surface area (Å²) in [5, 5.41) is 5.31. The molecular formula is C13H14F4N2O2. The smallest absolute Gasteiger partial charge is 0.378 e. The number of morpholine rings is 1. The van der Waals surface area contributed by atoms with Gasteiger partial charge >= 0.3 is 6.18 Å². The van der Waals surface area contributed by atoms with Crippen molar-refractivity contribution in [1.29, 1.82) is 0 Å². The van der Waals surface area contributed by atoms with Crippen LogP contribution in [0.25, 0.3) is 0 Å². The minimum Gasteiger partial charge on any atom is -0.378 e. The monoisotopic (exact) mass is 306 g/mol. The first-order valence-corrected chi connectivity index (χ1v) is 6.33. The third-order valence-corrected chi connectivity index (χ3v) is 2.94. The summed E-state index contributed by atoms with van der Waals surface area (Å²) in [4.78, 5) is 11.7. The van der Waals surface area contributed by atoms with E-state index in [1.54, 1.807) is 0 Å². The highest BCUT2D eigenvalue weighted by molar-refractivity contribution is 5.91. The predicted molar refractivity (Wildman–Crippen MR) is 67.3 cm³/mol. The van der Waals surface area contributed by atoms with Crippen LogP contribution < -0.4 is 10.6 Å². The van der Waals surface area contributed by atoms with E-state index in [9.17, 15) is 22.4 Å². The molecule has 8 heteroatoms. The van der Waals surface area contributed by atoms with Gasteiger partial charge in [-0.05, 0) is 18.2 Å². The van der Waals surface area contributed by atoms with Crippen LogP contribution in [0.4, 0.5) is 23.2 Å². The fourth-order valence-corrected chi connectivity index (χ4v) is 2.01. The molecule has 1 aliphatic heterocycles. The minimum atomic E-state index is -4.67. The first kappa shape index (κ1) is 15.7. The van der Waals surface area contributed by atoms with Crippen molar-refractivity contribution in [3.05, 3.63) is 29.6 Å². The number of carbonyl (C=O) groups excluding carboxylic acids is 1. The molecule has 0 aliphatic carbocycles. The first-order valence-electron chi connectivity index (χ1n) is 6.33. The third kappa shape index (κ3) is 4.68. The minimum absolute atomic E-state index is 0.0395. The summed E-state index contributed by atoms with van der Waals surface area (Å²) >= 11 is 0. The zero-order valence-electron chi connectivity index (χ0n) is 11.0. The molecule has 2 rings (SSSR count). The largest absolute Gasteiger partial charge is 0.416 e. The average molecular weight is 306 g/mol. The SMILES string of the molecule is O=C(C[C@H]1COCCN1)Nc1cc(F)cc(C(F)(F)F)c1. The van der Waals surface area contributed by atoms with Crippen LogP contribution in [0.3, 0.4) is 0 Å². The van der Waals surface area contributed by atoms with Crippen LogP contribution in [-0.4, -0.2) is 31.7 Å². The Balaban J connectivity index is 2.01. The zero-order chi connectivity index (χ0) is 15.5. The first-order chi connectivity index (χ1) is 9.84. The summed E-state index contributed by atoms with van der Waals surface area (Å²) in [5.74, 6) is -1.56. The molecule has 0 unspecified atom stereocenters. The molecule has 4 nitrogen and oxygen atoms in total. The molecule has 0 saturated carbocycles. The highest BCUT2D eigenvalue weighted by atomic mass is 19.4. The quantitative estimate of drug-likeness (QED) is 0.842. The Bertz CT molecular complexity index is 513. The number of hydrogen-bond acceptors (Lipinski definition) is 3. The van der Waals surface area contributed by atoms with Gasteiger partial charge in [-0.15, -0.1) is 0 Å². The number of rotatable bonds is 3. The topological polar surface area (TPSA) is 50.4 Å². The summed E-state index contributed by atoms with van der Waals surface area (Å²) < 4.78 is 56.0. The van der Waals surface area contributed by atoms with Crippen molar-refractivity contribution in [3.8, 4) is 0 Å². The van der Waals surface area contributed by atoms with E-state index in [2.05, 4.69) is 10.6 Å². The molecule has 1 amide bonds. The van der Waals surface area contributed by atoms with Crippen molar-refractivity contribution in [1.82, 2.24) is 5.32 Å². The van der Waals surface area contributed by atoms with Gasteiger partial charge in [-0.3, -0.25) is 4.79 Å². The van der Waals surface area contributed by atoms with E-state index in [-0.39, 0.29) is 18.2 Å². The zero-order valence-corrected chi connectivity index (χ0v) is 11.0. The van der Waals surface area contributed by atoms with E-state index in [1.165, 1.54) is 0 Å². The lowest BCUT2D eigenvalue weighted by atomic mass is 10.1. The highest BCUT2D eigenvalue weighted by Crippen LogP contribution is 2.31. The number of carbonyl (C=O) groups is 1. The number of amides is 1. The van der Waals surface area contributed by atoms with Crippen LogP contribution in [0.2, 0.25) is 0 Å². The number of nitrogens with one attached hydrogen (secondary N) is 2. The van der Waals surface area contributed by atoms with Crippen LogP contribution in [-0.2, 0) is 15.7 Å². The standard InChI is InChI=1S/C13H14F4N2O2/c14-9-3-8(13(15,16)17)4-10(5-9)19-12(20)6-11-7-21-2-1-18-11/h3-5,11,18H,1-2,6-7H2,(H,19,20)/t11-/m0/s1. The second-order valence-corrected chi connectivity index (χ2v) is 4.70. The lowest BCUT2D eigenvalue weighted by molar-refractivity contribution is -0.137. The van der Waals surface area contributed by atoms with Crippen molar-refractivity contribution < 1.29 is 27.1 Å². The molecule has 1 aliphatic rings. The second-order valence-electron chi connectivity index (χ2n) is 4.70. The lowest BCUT2D eigenvalue weighted by Crippen LogP contribution is -2.43. The van der Waals surface area contributed by atoms with Crippen molar-refractivity contribution in [2.75, 3.05) is 25.1 Å². The Labute approximate surface area is 118 Å². The fourth-order valence-electron chi connectivity index (χ4n) is 2.01. The molecule has 21 heavy (non-hydrogen) atoms. The number of alkyl halides is 3. The molecule has 1 saturated heterocycles. The van der Waals surface area contributed by atoms with Crippen molar-refractivity contribution in [3.63, 3.8) is 0 Å². The van der Waals surface area contributed by atoms with Gasteiger partial charge < -0.3 is 15.4 Å². The molecule has 1 fully saturated rings.